The first-order valence-corrected chi connectivity index (χ1v) is 7.76. The fourth-order valence-electron chi connectivity index (χ4n) is 3.84. The van der Waals surface area contributed by atoms with Gasteiger partial charge in [0.05, 0.1) is 0 Å². The average Bonchev–Trinajstić information content (AvgIpc) is 2.94. The van der Waals surface area contributed by atoms with Gasteiger partial charge >= 0.3 is 0 Å². The number of hydrogen-bond donors (Lipinski definition) is 1. The Bertz CT molecular complexity index is 449. The Balaban J connectivity index is 1.61. The van der Waals surface area contributed by atoms with Crippen LogP contribution in [0.3, 0.4) is 0 Å². The molecule has 0 radical (unpaired) electrons. The van der Waals surface area contributed by atoms with E-state index in [2.05, 4.69) is 41.7 Å². The van der Waals surface area contributed by atoms with Gasteiger partial charge in [0.25, 0.3) is 0 Å². The predicted octanol–water partition coefficient (Wildman–Crippen LogP) is 2.36. The van der Waals surface area contributed by atoms with Gasteiger partial charge in [-0.15, -0.1) is 0 Å². The molecule has 0 saturated carbocycles. The maximum absolute atomic E-state index is 3.82. The van der Waals surface area contributed by atoms with Crippen LogP contribution in [0.4, 0.5) is 0 Å². The van der Waals surface area contributed by atoms with Gasteiger partial charge in [0.2, 0.25) is 0 Å². The third-order valence-corrected chi connectivity index (χ3v) is 5.29. The lowest BCUT2D eigenvalue weighted by atomic mass is 9.99. The van der Waals surface area contributed by atoms with E-state index in [1.807, 2.05) is 0 Å². The number of nitrogens with zero attached hydrogens (tertiary/aromatic N) is 2. The summed E-state index contributed by atoms with van der Waals surface area (Å²) in [4.78, 5) is 2.70. The quantitative estimate of drug-likeness (QED) is 0.901. The third-order valence-electron chi connectivity index (χ3n) is 5.29. The van der Waals surface area contributed by atoms with E-state index in [-0.39, 0.29) is 0 Å². The Morgan fingerprint density at radius 1 is 1.21 bits per heavy atom. The predicted molar refractivity (Wildman–Crippen MR) is 79.3 cm³/mol. The minimum atomic E-state index is 0.709. The van der Waals surface area contributed by atoms with E-state index in [0.29, 0.717) is 6.04 Å². The van der Waals surface area contributed by atoms with Crippen LogP contribution in [-0.2, 0) is 13.6 Å². The van der Waals surface area contributed by atoms with Crippen LogP contribution in [0.1, 0.15) is 42.6 Å². The van der Waals surface area contributed by atoms with Crippen molar-refractivity contribution in [1.29, 1.82) is 0 Å². The van der Waals surface area contributed by atoms with Crippen LogP contribution in [0.5, 0.6) is 0 Å². The second kappa shape index (κ2) is 5.29. The van der Waals surface area contributed by atoms with Crippen LogP contribution in [0.15, 0.2) is 6.07 Å². The average molecular weight is 261 g/mol. The van der Waals surface area contributed by atoms with Crippen LogP contribution in [-0.4, -0.2) is 34.6 Å². The molecule has 0 amide bonds. The molecule has 0 aliphatic carbocycles. The second-order valence-electron chi connectivity index (χ2n) is 6.33. The molecule has 1 aromatic rings. The van der Waals surface area contributed by atoms with E-state index >= 15 is 0 Å². The van der Waals surface area contributed by atoms with Gasteiger partial charge in [0, 0.05) is 43.6 Å². The van der Waals surface area contributed by atoms with E-state index in [0.717, 1.165) is 12.6 Å². The van der Waals surface area contributed by atoms with Crippen molar-refractivity contribution in [2.75, 3.05) is 13.1 Å². The highest BCUT2D eigenvalue weighted by molar-refractivity contribution is 5.26. The minimum Gasteiger partial charge on any atom is -0.352 e. The first-order valence-electron chi connectivity index (χ1n) is 7.76. The van der Waals surface area contributed by atoms with Crippen LogP contribution < -0.4 is 5.32 Å². The van der Waals surface area contributed by atoms with E-state index in [1.54, 1.807) is 0 Å². The first-order chi connectivity index (χ1) is 9.16. The highest BCUT2D eigenvalue weighted by atomic mass is 15.2. The number of rotatable bonds is 3. The molecule has 0 bridgehead atoms. The highest BCUT2D eigenvalue weighted by Crippen LogP contribution is 2.27. The van der Waals surface area contributed by atoms with E-state index in [9.17, 15) is 0 Å². The molecule has 2 atom stereocenters. The number of aryl methyl sites for hydroxylation is 1. The largest absolute Gasteiger partial charge is 0.352 e. The maximum atomic E-state index is 3.82. The topological polar surface area (TPSA) is 20.2 Å². The van der Waals surface area contributed by atoms with Crippen molar-refractivity contribution in [2.45, 2.75) is 58.2 Å². The molecule has 3 nitrogen and oxygen atoms in total. The van der Waals surface area contributed by atoms with Gasteiger partial charge in [0.15, 0.2) is 0 Å². The number of nitrogens with one attached hydrogen (secondary N) is 1. The zero-order valence-corrected chi connectivity index (χ0v) is 12.6. The number of hydrogen-bond acceptors (Lipinski definition) is 2. The zero-order chi connectivity index (χ0) is 13.4. The van der Waals surface area contributed by atoms with E-state index in [4.69, 9.17) is 0 Å². The number of piperidine rings is 1. The van der Waals surface area contributed by atoms with Crippen LogP contribution in [0.2, 0.25) is 0 Å². The molecule has 2 saturated heterocycles. The highest BCUT2D eigenvalue weighted by Gasteiger charge is 2.34. The lowest BCUT2D eigenvalue weighted by Gasteiger charge is -2.32. The van der Waals surface area contributed by atoms with Gasteiger partial charge in [-0.3, -0.25) is 4.90 Å². The molecular weight excluding hydrogens is 234 g/mol. The third kappa shape index (κ3) is 2.46. The molecule has 2 unspecified atom stereocenters. The minimum absolute atomic E-state index is 0.709. The molecule has 19 heavy (non-hydrogen) atoms. The SMILES string of the molecule is Cc1cc(CNC2CCN3CCCCC23)c(C)n1C. The van der Waals surface area contributed by atoms with Crippen molar-refractivity contribution in [3.05, 3.63) is 23.0 Å². The molecule has 106 valence electrons. The summed E-state index contributed by atoms with van der Waals surface area (Å²) in [6.45, 7) is 8.07. The molecule has 1 aromatic heterocycles. The molecule has 2 aliphatic heterocycles. The van der Waals surface area contributed by atoms with Crippen LogP contribution >= 0.6 is 0 Å². The van der Waals surface area contributed by atoms with Gasteiger partial charge in [-0.25, -0.2) is 0 Å². The van der Waals surface area contributed by atoms with Crippen LogP contribution in [0.25, 0.3) is 0 Å². The van der Waals surface area contributed by atoms with Gasteiger partial charge in [0.1, 0.15) is 0 Å². The Morgan fingerprint density at radius 3 is 2.79 bits per heavy atom. The van der Waals surface area contributed by atoms with E-state index < -0.39 is 0 Å². The van der Waals surface area contributed by atoms with Gasteiger partial charge in [-0.2, -0.15) is 0 Å². The zero-order valence-electron chi connectivity index (χ0n) is 12.6. The van der Waals surface area contributed by atoms with Crippen molar-refractivity contribution in [1.82, 2.24) is 14.8 Å². The molecule has 3 heterocycles. The Hall–Kier alpha value is -0.800. The van der Waals surface area contributed by atoms with Gasteiger partial charge in [-0.1, -0.05) is 6.42 Å². The summed E-state index contributed by atoms with van der Waals surface area (Å²) in [6, 6.07) is 3.84. The van der Waals surface area contributed by atoms with Crippen molar-refractivity contribution in [3.63, 3.8) is 0 Å². The van der Waals surface area contributed by atoms with Crippen molar-refractivity contribution < 1.29 is 0 Å². The Kier molecular flexibility index (Phi) is 3.68. The Morgan fingerprint density at radius 2 is 2.05 bits per heavy atom. The molecule has 2 fully saturated rings. The maximum Gasteiger partial charge on any atom is 0.0249 e. The summed E-state index contributed by atoms with van der Waals surface area (Å²) in [7, 11) is 2.16. The van der Waals surface area contributed by atoms with Crippen LogP contribution in [0, 0.1) is 13.8 Å². The summed E-state index contributed by atoms with van der Waals surface area (Å²) in [5.74, 6) is 0. The Labute approximate surface area is 117 Å². The molecule has 0 aromatic carbocycles. The van der Waals surface area contributed by atoms with Crippen molar-refractivity contribution >= 4 is 0 Å². The summed E-state index contributed by atoms with van der Waals surface area (Å²) in [5, 5.41) is 3.82. The normalized spacial score (nSPS) is 27.7. The fourth-order valence-corrected chi connectivity index (χ4v) is 3.84. The van der Waals surface area contributed by atoms with Gasteiger partial charge < -0.3 is 9.88 Å². The lowest BCUT2D eigenvalue weighted by Crippen LogP contribution is -2.44. The van der Waals surface area contributed by atoms with Crippen molar-refractivity contribution in [3.8, 4) is 0 Å². The summed E-state index contributed by atoms with van der Waals surface area (Å²) in [5.41, 5.74) is 4.23. The number of fused-ring (bicyclic) bond motifs is 1. The van der Waals surface area contributed by atoms with E-state index in [1.165, 1.54) is 55.7 Å². The second-order valence-corrected chi connectivity index (χ2v) is 6.33. The summed E-state index contributed by atoms with van der Waals surface area (Å²) in [6.07, 6.45) is 5.54. The molecule has 3 rings (SSSR count). The molecule has 2 aliphatic rings. The molecule has 0 spiro atoms. The smallest absolute Gasteiger partial charge is 0.0249 e. The summed E-state index contributed by atoms with van der Waals surface area (Å²) >= 11 is 0. The monoisotopic (exact) mass is 261 g/mol. The summed E-state index contributed by atoms with van der Waals surface area (Å²) < 4.78 is 2.29. The molecule has 3 heteroatoms. The molecular formula is C16H27N3. The van der Waals surface area contributed by atoms with Crippen molar-refractivity contribution in [2.24, 2.45) is 7.05 Å². The first kappa shape index (κ1) is 13.2. The van der Waals surface area contributed by atoms with Gasteiger partial charge in [-0.05, 0) is 51.3 Å². The molecule has 1 N–H and O–H groups in total. The fraction of sp³-hybridized carbons (Fsp3) is 0.750. The standard InChI is InChI=1S/C16H27N3/c1-12-10-14(13(2)18(12)3)11-17-15-7-9-19-8-5-4-6-16(15)19/h10,15-17H,4-9,11H2,1-3H3. The lowest BCUT2D eigenvalue weighted by molar-refractivity contribution is 0.180. The number of aromatic nitrogens is 1.